The van der Waals surface area contributed by atoms with Gasteiger partial charge in [0.2, 0.25) is 5.91 Å². The Hall–Kier alpha value is -2.04. The SMILES string of the molecule is CC(=O)Nc1ccc2c(c1)CC[C@@H](C(=O)O)O2. The summed E-state index contributed by atoms with van der Waals surface area (Å²) in [5.41, 5.74) is 1.63. The summed E-state index contributed by atoms with van der Waals surface area (Å²) in [5, 5.41) is 11.5. The molecule has 0 aromatic heterocycles. The third kappa shape index (κ3) is 2.55. The van der Waals surface area contributed by atoms with E-state index in [1.807, 2.05) is 6.07 Å². The van der Waals surface area contributed by atoms with E-state index in [4.69, 9.17) is 9.84 Å². The molecule has 17 heavy (non-hydrogen) atoms. The van der Waals surface area contributed by atoms with E-state index in [1.165, 1.54) is 6.92 Å². The molecule has 2 rings (SSSR count). The molecular formula is C12H13NO4. The van der Waals surface area contributed by atoms with Crippen LogP contribution in [0.15, 0.2) is 18.2 Å². The second-order valence-electron chi connectivity index (χ2n) is 3.99. The normalized spacial score (nSPS) is 17.8. The Morgan fingerprint density at radius 3 is 2.88 bits per heavy atom. The van der Waals surface area contributed by atoms with Crippen molar-refractivity contribution in [1.29, 1.82) is 0 Å². The number of hydrogen-bond donors (Lipinski definition) is 2. The van der Waals surface area contributed by atoms with Crippen LogP contribution in [0, 0.1) is 0 Å². The molecule has 0 fully saturated rings. The van der Waals surface area contributed by atoms with Gasteiger partial charge in [0.15, 0.2) is 6.10 Å². The first-order valence-electron chi connectivity index (χ1n) is 5.36. The van der Waals surface area contributed by atoms with Crippen LogP contribution in [0.1, 0.15) is 18.9 Å². The monoisotopic (exact) mass is 235 g/mol. The van der Waals surface area contributed by atoms with Crippen molar-refractivity contribution in [1.82, 2.24) is 0 Å². The molecule has 1 aliphatic rings. The predicted octanol–water partition coefficient (Wildman–Crippen LogP) is 1.42. The molecule has 5 heteroatoms. The molecule has 1 atom stereocenters. The van der Waals surface area contributed by atoms with Crippen LogP contribution in [0.5, 0.6) is 5.75 Å². The van der Waals surface area contributed by atoms with Gasteiger partial charge in [-0.1, -0.05) is 0 Å². The maximum absolute atomic E-state index is 10.9. The summed E-state index contributed by atoms with van der Waals surface area (Å²) in [6.07, 6.45) is 0.320. The number of ether oxygens (including phenoxy) is 1. The van der Waals surface area contributed by atoms with Gasteiger partial charge in [-0.3, -0.25) is 4.79 Å². The van der Waals surface area contributed by atoms with Gasteiger partial charge in [0.25, 0.3) is 0 Å². The van der Waals surface area contributed by atoms with Crippen molar-refractivity contribution < 1.29 is 19.4 Å². The molecule has 2 N–H and O–H groups in total. The number of carbonyl (C=O) groups is 2. The number of carbonyl (C=O) groups excluding carboxylic acids is 1. The molecule has 0 radical (unpaired) electrons. The number of rotatable bonds is 2. The fourth-order valence-corrected chi connectivity index (χ4v) is 1.84. The molecule has 5 nitrogen and oxygen atoms in total. The molecule has 1 aliphatic heterocycles. The molecule has 0 saturated heterocycles. The Morgan fingerprint density at radius 2 is 2.24 bits per heavy atom. The summed E-state index contributed by atoms with van der Waals surface area (Å²) in [5.74, 6) is -0.496. The Morgan fingerprint density at radius 1 is 1.47 bits per heavy atom. The third-order valence-corrected chi connectivity index (χ3v) is 2.60. The lowest BCUT2D eigenvalue weighted by Crippen LogP contribution is -2.30. The number of anilines is 1. The van der Waals surface area contributed by atoms with Crippen LogP contribution >= 0.6 is 0 Å². The van der Waals surface area contributed by atoms with Crippen LogP contribution < -0.4 is 10.1 Å². The van der Waals surface area contributed by atoms with Crippen molar-refractivity contribution in [3.05, 3.63) is 23.8 Å². The number of nitrogens with one attached hydrogen (secondary N) is 1. The largest absolute Gasteiger partial charge is 0.479 e. The molecule has 0 unspecified atom stereocenters. The van der Waals surface area contributed by atoms with Gasteiger partial charge in [0.05, 0.1) is 0 Å². The van der Waals surface area contributed by atoms with E-state index in [0.29, 0.717) is 24.3 Å². The van der Waals surface area contributed by atoms with E-state index in [0.717, 1.165) is 5.56 Å². The zero-order valence-electron chi connectivity index (χ0n) is 9.40. The minimum absolute atomic E-state index is 0.134. The van der Waals surface area contributed by atoms with Crippen LogP contribution in [0.25, 0.3) is 0 Å². The van der Waals surface area contributed by atoms with Crippen LogP contribution in [0.2, 0.25) is 0 Å². The van der Waals surface area contributed by atoms with Crippen molar-refractivity contribution in [3.8, 4) is 5.75 Å². The molecule has 1 aromatic rings. The zero-order chi connectivity index (χ0) is 12.4. The number of hydrogen-bond acceptors (Lipinski definition) is 3. The lowest BCUT2D eigenvalue weighted by atomic mass is 10.0. The fraction of sp³-hybridized carbons (Fsp3) is 0.333. The van der Waals surface area contributed by atoms with Crippen molar-refractivity contribution in [2.24, 2.45) is 0 Å². The van der Waals surface area contributed by atoms with Gasteiger partial charge in [-0.25, -0.2) is 4.79 Å². The highest BCUT2D eigenvalue weighted by molar-refractivity contribution is 5.88. The highest BCUT2D eigenvalue weighted by Crippen LogP contribution is 2.30. The Kier molecular flexibility index (Phi) is 2.99. The van der Waals surface area contributed by atoms with Crippen LogP contribution in [0.4, 0.5) is 5.69 Å². The number of benzene rings is 1. The van der Waals surface area contributed by atoms with Crippen molar-refractivity contribution >= 4 is 17.6 Å². The molecule has 90 valence electrons. The van der Waals surface area contributed by atoms with Crippen molar-refractivity contribution in [2.45, 2.75) is 25.9 Å². The summed E-state index contributed by atoms with van der Waals surface area (Å²) >= 11 is 0. The molecule has 1 amide bonds. The Labute approximate surface area is 98.4 Å². The maximum Gasteiger partial charge on any atom is 0.344 e. The average Bonchev–Trinajstić information content (AvgIpc) is 2.27. The first-order chi connectivity index (χ1) is 8.06. The van der Waals surface area contributed by atoms with Gasteiger partial charge in [0.1, 0.15) is 5.75 Å². The standard InChI is InChI=1S/C12H13NO4/c1-7(14)13-9-3-5-10-8(6-9)2-4-11(17-10)12(15)16/h3,5-6,11H,2,4H2,1H3,(H,13,14)(H,15,16)/t11-/m0/s1. The fourth-order valence-electron chi connectivity index (χ4n) is 1.84. The maximum atomic E-state index is 10.9. The molecular weight excluding hydrogens is 222 g/mol. The number of amides is 1. The summed E-state index contributed by atoms with van der Waals surface area (Å²) < 4.78 is 5.34. The van der Waals surface area contributed by atoms with Crippen molar-refractivity contribution in [2.75, 3.05) is 5.32 Å². The van der Waals surface area contributed by atoms with E-state index in [-0.39, 0.29) is 5.91 Å². The van der Waals surface area contributed by atoms with Gasteiger partial charge in [-0.2, -0.15) is 0 Å². The van der Waals surface area contributed by atoms with Gasteiger partial charge in [-0.15, -0.1) is 0 Å². The number of aryl methyl sites for hydroxylation is 1. The Balaban J connectivity index is 2.19. The van der Waals surface area contributed by atoms with E-state index in [9.17, 15) is 9.59 Å². The second kappa shape index (κ2) is 4.45. The Bertz CT molecular complexity index is 470. The molecule has 0 bridgehead atoms. The third-order valence-electron chi connectivity index (χ3n) is 2.60. The first kappa shape index (κ1) is 11.4. The van der Waals surface area contributed by atoms with E-state index in [1.54, 1.807) is 12.1 Å². The quantitative estimate of drug-likeness (QED) is 0.812. The molecule has 1 heterocycles. The minimum atomic E-state index is -0.943. The molecule has 1 aromatic carbocycles. The molecule has 0 aliphatic carbocycles. The summed E-state index contributed by atoms with van der Waals surface area (Å²) in [6, 6.07) is 5.20. The first-order valence-corrected chi connectivity index (χ1v) is 5.36. The van der Waals surface area contributed by atoms with Gasteiger partial charge >= 0.3 is 5.97 Å². The van der Waals surface area contributed by atoms with Gasteiger partial charge in [-0.05, 0) is 36.6 Å². The number of fused-ring (bicyclic) bond motifs is 1. The van der Waals surface area contributed by atoms with Gasteiger partial charge < -0.3 is 15.2 Å². The van der Waals surface area contributed by atoms with Crippen LogP contribution in [0.3, 0.4) is 0 Å². The average molecular weight is 235 g/mol. The number of carboxylic acid groups (broad SMARTS) is 1. The highest BCUT2D eigenvalue weighted by Gasteiger charge is 2.25. The number of aliphatic carboxylic acids is 1. The smallest absolute Gasteiger partial charge is 0.344 e. The summed E-state index contributed by atoms with van der Waals surface area (Å²) in [4.78, 5) is 21.7. The van der Waals surface area contributed by atoms with E-state index < -0.39 is 12.1 Å². The van der Waals surface area contributed by atoms with Crippen LogP contribution in [-0.4, -0.2) is 23.1 Å². The zero-order valence-corrected chi connectivity index (χ0v) is 9.40. The van der Waals surface area contributed by atoms with Crippen LogP contribution in [-0.2, 0) is 16.0 Å². The topological polar surface area (TPSA) is 75.6 Å². The summed E-state index contributed by atoms with van der Waals surface area (Å²) in [7, 11) is 0. The van der Waals surface area contributed by atoms with E-state index >= 15 is 0 Å². The summed E-state index contributed by atoms with van der Waals surface area (Å²) in [6.45, 7) is 1.44. The second-order valence-corrected chi connectivity index (χ2v) is 3.99. The minimum Gasteiger partial charge on any atom is -0.479 e. The van der Waals surface area contributed by atoms with Crippen molar-refractivity contribution in [3.63, 3.8) is 0 Å². The van der Waals surface area contributed by atoms with Gasteiger partial charge in [0, 0.05) is 12.6 Å². The lowest BCUT2D eigenvalue weighted by Gasteiger charge is -2.23. The van der Waals surface area contributed by atoms with E-state index in [2.05, 4.69) is 5.32 Å². The molecule has 0 spiro atoms. The molecule has 0 saturated carbocycles. The predicted molar refractivity (Wildman–Crippen MR) is 61.1 cm³/mol. The number of carboxylic acids is 1. The highest BCUT2D eigenvalue weighted by atomic mass is 16.5. The lowest BCUT2D eigenvalue weighted by molar-refractivity contribution is -0.145.